The Morgan fingerprint density at radius 3 is 2.75 bits per heavy atom. The Balaban J connectivity index is 2.00. The zero-order valence-corrected chi connectivity index (χ0v) is 9.86. The van der Waals surface area contributed by atoms with Crippen LogP contribution in [0.4, 0.5) is 0 Å². The highest BCUT2D eigenvalue weighted by molar-refractivity contribution is 5.14. The molecule has 0 aliphatic rings. The first-order valence-electron chi connectivity index (χ1n) is 5.77. The van der Waals surface area contributed by atoms with Crippen LogP contribution in [0.1, 0.15) is 12.0 Å². The molecule has 1 rings (SSSR count). The van der Waals surface area contributed by atoms with Crippen LogP contribution in [-0.2, 0) is 11.2 Å². The fourth-order valence-electron chi connectivity index (χ4n) is 1.54. The highest BCUT2D eigenvalue weighted by Gasteiger charge is 2.01. The molecule has 0 aliphatic heterocycles. The molecule has 0 saturated heterocycles. The zero-order chi connectivity index (χ0) is 11.6. The van der Waals surface area contributed by atoms with Gasteiger partial charge in [0.2, 0.25) is 0 Å². The predicted molar refractivity (Wildman–Crippen MR) is 65.5 cm³/mol. The molecule has 1 aromatic carbocycles. The van der Waals surface area contributed by atoms with Gasteiger partial charge in [-0.15, -0.1) is 0 Å². The standard InChI is InChI=1S/C13H21NO2/c1-14-10-13(15)11-16-9-5-8-12-6-3-2-4-7-12/h2-4,6-7,13-15H,5,8-11H2,1H3. The number of benzene rings is 1. The molecule has 0 fully saturated rings. The molecule has 0 saturated carbocycles. The van der Waals surface area contributed by atoms with E-state index in [1.807, 2.05) is 25.2 Å². The smallest absolute Gasteiger partial charge is 0.0897 e. The number of aryl methyl sites for hydroxylation is 1. The number of aliphatic hydroxyl groups excluding tert-OH is 1. The second-order valence-electron chi connectivity index (χ2n) is 3.88. The molecule has 1 atom stereocenters. The molecule has 0 amide bonds. The number of likely N-dealkylation sites (N-methyl/N-ethyl adjacent to an activating group) is 1. The molecular weight excluding hydrogens is 202 g/mol. The van der Waals surface area contributed by atoms with Crippen LogP contribution in [0, 0.1) is 0 Å². The number of hydrogen-bond acceptors (Lipinski definition) is 3. The Labute approximate surface area is 97.4 Å². The van der Waals surface area contributed by atoms with Crippen molar-refractivity contribution in [3.8, 4) is 0 Å². The molecule has 1 unspecified atom stereocenters. The molecule has 0 heterocycles. The lowest BCUT2D eigenvalue weighted by Crippen LogP contribution is -2.28. The van der Waals surface area contributed by atoms with E-state index in [1.165, 1.54) is 5.56 Å². The first kappa shape index (κ1) is 13.2. The molecule has 3 nitrogen and oxygen atoms in total. The van der Waals surface area contributed by atoms with Gasteiger partial charge in [0, 0.05) is 13.2 Å². The average Bonchev–Trinajstić information content (AvgIpc) is 2.30. The highest BCUT2D eigenvalue weighted by atomic mass is 16.5. The summed E-state index contributed by atoms with van der Waals surface area (Å²) in [5.41, 5.74) is 1.34. The monoisotopic (exact) mass is 223 g/mol. The first-order valence-corrected chi connectivity index (χ1v) is 5.77. The van der Waals surface area contributed by atoms with Crippen LogP contribution in [0.5, 0.6) is 0 Å². The lowest BCUT2D eigenvalue weighted by atomic mass is 10.1. The van der Waals surface area contributed by atoms with E-state index in [4.69, 9.17) is 4.74 Å². The number of rotatable bonds is 8. The van der Waals surface area contributed by atoms with E-state index in [9.17, 15) is 5.11 Å². The van der Waals surface area contributed by atoms with Crippen molar-refractivity contribution in [2.75, 3.05) is 26.8 Å². The van der Waals surface area contributed by atoms with Gasteiger partial charge in [-0.25, -0.2) is 0 Å². The van der Waals surface area contributed by atoms with Gasteiger partial charge in [0.15, 0.2) is 0 Å². The normalized spacial score (nSPS) is 12.6. The summed E-state index contributed by atoms with van der Waals surface area (Å²) in [6.07, 6.45) is 1.63. The third-order valence-corrected chi connectivity index (χ3v) is 2.35. The zero-order valence-electron chi connectivity index (χ0n) is 9.86. The quantitative estimate of drug-likeness (QED) is 0.651. The third-order valence-electron chi connectivity index (χ3n) is 2.35. The molecule has 0 spiro atoms. The van der Waals surface area contributed by atoms with E-state index in [0.717, 1.165) is 12.8 Å². The summed E-state index contributed by atoms with van der Waals surface area (Å²) in [5.74, 6) is 0. The van der Waals surface area contributed by atoms with Crippen LogP contribution in [0.15, 0.2) is 30.3 Å². The van der Waals surface area contributed by atoms with Crippen LogP contribution in [0.2, 0.25) is 0 Å². The highest BCUT2D eigenvalue weighted by Crippen LogP contribution is 2.02. The second kappa shape index (κ2) is 8.28. The fourth-order valence-corrected chi connectivity index (χ4v) is 1.54. The van der Waals surface area contributed by atoms with Crippen molar-refractivity contribution < 1.29 is 9.84 Å². The lowest BCUT2D eigenvalue weighted by molar-refractivity contribution is 0.0371. The number of hydrogen-bond donors (Lipinski definition) is 2. The van der Waals surface area contributed by atoms with Gasteiger partial charge >= 0.3 is 0 Å². The summed E-state index contributed by atoms with van der Waals surface area (Å²) in [4.78, 5) is 0. The average molecular weight is 223 g/mol. The van der Waals surface area contributed by atoms with Crippen LogP contribution < -0.4 is 5.32 Å². The van der Waals surface area contributed by atoms with Gasteiger partial charge < -0.3 is 15.2 Å². The van der Waals surface area contributed by atoms with Crippen molar-refractivity contribution in [3.63, 3.8) is 0 Å². The summed E-state index contributed by atoms with van der Waals surface area (Å²) in [6, 6.07) is 10.4. The second-order valence-corrected chi connectivity index (χ2v) is 3.88. The van der Waals surface area contributed by atoms with Crippen LogP contribution in [0.3, 0.4) is 0 Å². The fraction of sp³-hybridized carbons (Fsp3) is 0.538. The molecule has 16 heavy (non-hydrogen) atoms. The van der Waals surface area contributed by atoms with Gasteiger partial charge in [-0.2, -0.15) is 0 Å². The molecule has 0 aliphatic carbocycles. The van der Waals surface area contributed by atoms with Crippen molar-refractivity contribution in [3.05, 3.63) is 35.9 Å². The third kappa shape index (κ3) is 5.85. The maximum Gasteiger partial charge on any atom is 0.0897 e. The van der Waals surface area contributed by atoms with Crippen molar-refractivity contribution in [1.82, 2.24) is 5.32 Å². The Morgan fingerprint density at radius 2 is 2.06 bits per heavy atom. The van der Waals surface area contributed by atoms with Crippen molar-refractivity contribution >= 4 is 0 Å². The van der Waals surface area contributed by atoms with Gasteiger partial charge in [-0.05, 0) is 25.5 Å². The van der Waals surface area contributed by atoms with Gasteiger partial charge in [-0.1, -0.05) is 30.3 Å². The van der Waals surface area contributed by atoms with Crippen molar-refractivity contribution in [1.29, 1.82) is 0 Å². The van der Waals surface area contributed by atoms with Gasteiger partial charge in [0.25, 0.3) is 0 Å². The Morgan fingerprint density at radius 1 is 1.31 bits per heavy atom. The molecule has 2 N–H and O–H groups in total. The lowest BCUT2D eigenvalue weighted by Gasteiger charge is -2.10. The number of ether oxygens (including phenoxy) is 1. The minimum atomic E-state index is -0.401. The minimum Gasteiger partial charge on any atom is -0.389 e. The number of nitrogens with one attached hydrogen (secondary N) is 1. The summed E-state index contributed by atoms with van der Waals surface area (Å²) >= 11 is 0. The van der Waals surface area contributed by atoms with Gasteiger partial charge in [-0.3, -0.25) is 0 Å². The number of aliphatic hydroxyl groups is 1. The Bertz CT molecular complexity index is 264. The van der Waals surface area contributed by atoms with Crippen molar-refractivity contribution in [2.45, 2.75) is 18.9 Å². The van der Waals surface area contributed by atoms with Crippen LogP contribution >= 0.6 is 0 Å². The minimum absolute atomic E-state index is 0.401. The molecular formula is C13H21NO2. The molecule has 90 valence electrons. The van der Waals surface area contributed by atoms with E-state index in [1.54, 1.807) is 0 Å². The molecule has 0 bridgehead atoms. The molecule has 1 aromatic rings. The summed E-state index contributed by atoms with van der Waals surface area (Å²) in [7, 11) is 1.82. The first-order chi connectivity index (χ1) is 7.83. The topological polar surface area (TPSA) is 41.5 Å². The van der Waals surface area contributed by atoms with E-state index >= 15 is 0 Å². The SMILES string of the molecule is CNCC(O)COCCCc1ccccc1. The van der Waals surface area contributed by atoms with E-state index < -0.39 is 6.10 Å². The van der Waals surface area contributed by atoms with Crippen LogP contribution in [0.25, 0.3) is 0 Å². The summed E-state index contributed by atoms with van der Waals surface area (Å²) in [6.45, 7) is 1.70. The summed E-state index contributed by atoms with van der Waals surface area (Å²) in [5, 5.41) is 12.3. The van der Waals surface area contributed by atoms with E-state index in [2.05, 4.69) is 17.4 Å². The summed E-state index contributed by atoms with van der Waals surface area (Å²) < 4.78 is 5.38. The maximum atomic E-state index is 9.38. The predicted octanol–water partition coefficient (Wildman–Crippen LogP) is 1.22. The van der Waals surface area contributed by atoms with E-state index in [0.29, 0.717) is 19.8 Å². The Hall–Kier alpha value is -0.900. The van der Waals surface area contributed by atoms with E-state index in [-0.39, 0.29) is 0 Å². The Kier molecular flexibility index (Phi) is 6.81. The molecule has 0 aromatic heterocycles. The van der Waals surface area contributed by atoms with Gasteiger partial charge in [0.05, 0.1) is 12.7 Å². The maximum absolute atomic E-state index is 9.38. The largest absolute Gasteiger partial charge is 0.389 e. The van der Waals surface area contributed by atoms with Crippen LogP contribution in [-0.4, -0.2) is 38.0 Å². The van der Waals surface area contributed by atoms with Crippen molar-refractivity contribution in [2.24, 2.45) is 0 Å². The van der Waals surface area contributed by atoms with Gasteiger partial charge in [0.1, 0.15) is 0 Å². The molecule has 3 heteroatoms. The molecule has 0 radical (unpaired) electrons.